The standard InChI is InChI=1S/C21H27N3O6/c1-13(2)19(25)22(28-7)16-10-17(23(29-8)20(26)14(3)4)12-18(11-16)24(30-9)21(27)15(5)6/h10-12H,1,3,5H2,2,4,6-9H3. The molecular weight excluding hydrogens is 390 g/mol. The summed E-state index contributed by atoms with van der Waals surface area (Å²) in [6.45, 7) is 15.5. The topological polar surface area (TPSA) is 88.6 Å². The van der Waals surface area contributed by atoms with E-state index in [1.807, 2.05) is 0 Å². The molecule has 0 aliphatic rings. The van der Waals surface area contributed by atoms with Crippen molar-refractivity contribution in [2.75, 3.05) is 36.5 Å². The van der Waals surface area contributed by atoms with Crippen LogP contribution in [0.15, 0.2) is 54.7 Å². The molecule has 0 fully saturated rings. The highest BCUT2D eigenvalue weighted by Crippen LogP contribution is 2.32. The number of hydrogen-bond donors (Lipinski definition) is 0. The van der Waals surface area contributed by atoms with Gasteiger partial charge in [0.15, 0.2) is 0 Å². The number of nitrogens with zero attached hydrogens (tertiary/aromatic N) is 3. The smallest absolute Gasteiger partial charge is 0.269 e. The highest BCUT2D eigenvalue weighted by molar-refractivity contribution is 6.08. The number of anilines is 3. The fourth-order valence-electron chi connectivity index (χ4n) is 2.37. The Morgan fingerprint density at radius 2 is 0.800 bits per heavy atom. The second-order valence-corrected chi connectivity index (χ2v) is 6.39. The maximum absolute atomic E-state index is 12.5. The van der Waals surface area contributed by atoms with Gasteiger partial charge in [0.1, 0.15) is 0 Å². The third-order valence-electron chi connectivity index (χ3n) is 3.79. The van der Waals surface area contributed by atoms with Gasteiger partial charge in [0.2, 0.25) is 0 Å². The van der Waals surface area contributed by atoms with Crippen molar-refractivity contribution < 1.29 is 28.9 Å². The quantitative estimate of drug-likeness (QED) is 0.453. The zero-order valence-corrected chi connectivity index (χ0v) is 18.1. The number of amides is 3. The summed E-state index contributed by atoms with van der Waals surface area (Å²) in [5.41, 5.74) is 1.24. The SMILES string of the molecule is C=C(C)C(=O)N(OC)c1cc(N(OC)C(=O)C(=C)C)cc(N(OC)C(=O)C(=C)C)c1. The van der Waals surface area contributed by atoms with Crippen LogP contribution in [0, 0.1) is 0 Å². The van der Waals surface area contributed by atoms with E-state index >= 15 is 0 Å². The number of rotatable bonds is 9. The molecule has 0 bridgehead atoms. The van der Waals surface area contributed by atoms with E-state index in [0.717, 1.165) is 15.2 Å². The minimum Gasteiger partial charge on any atom is -0.269 e. The van der Waals surface area contributed by atoms with Gasteiger partial charge in [-0.1, -0.05) is 19.7 Å². The number of carbonyl (C=O) groups excluding carboxylic acids is 3. The normalized spacial score (nSPS) is 10.2. The molecule has 0 spiro atoms. The Hall–Kier alpha value is -3.27. The van der Waals surface area contributed by atoms with Gasteiger partial charge in [-0.25, -0.2) is 0 Å². The maximum Gasteiger partial charge on any atom is 0.277 e. The Bertz CT molecular complexity index is 766. The predicted molar refractivity (Wildman–Crippen MR) is 114 cm³/mol. The summed E-state index contributed by atoms with van der Waals surface area (Å²) in [5.74, 6) is -1.57. The van der Waals surface area contributed by atoms with Gasteiger partial charge in [0, 0.05) is 16.7 Å². The van der Waals surface area contributed by atoms with Crippen LogP contribution < -0.4 is 15.2 Å². The fourth-order valence-corrected chi connectivity index (χ4v) is 2.37. The molecule has 1 rings (SSSR count). The van der Waals surface area contributed by atoms with E-state index in [1.54, 1.807) is 0 Å². The van der Waals surface area contributed by atoms with Crippen molar-refractivity contribution in [3.05, 3.63) is 54.7 Å². The largest absolute Gasteiger partial charge is 0.277 e. The van der Waals surface area contributed by atoms with Crippen molar-refractivity contribution >= 4 is 34.8 Å². The average Bonchev–Trinajstić information content (AvgIpc) is 2.69. The highest BCUT2D eigenvalue weighted by atomic mass is 16.7. The average molecular weight is 417 g/mol. The Balaban J connectivity index is 3.77. The molecule has 0 heterocycles. The van der Waals surface area contributed by atoms with Gasteiger partial charge in [-0.3, -0.25) is 28.9 Å². The first-order valence-electron chi connectivity index (χ1n) is 8.77. The highest BCUT2D eigenvalue weighted by Gasteiger charge is 2.25. The van der Waals surface area contributed by atoms with Crippen LogP contribution in [0.3, 0.4) is 0 Å². The van der Waals surface area contributed by atoms with Crippen molar-refractivity contribution in [3.63, 3.8) is 0 Å². The summed E-state index contributed by atoms with van der Waals surface area (Å²) < 4.78 is 0. The molecule has 3 amide bonds. The lowest BCUT2D eigenvalue weighted by atomic mass is 10.2. The second kappa shape index (κ2) is 10.5. The van der Waals surface area contributed by atoms with Crippen LogP contribution in [0.4, 0.5) is 17.1 Å². The molecule has 30 heavy (non-hydrogen) atoms. The van der Waals surface area contributed by atoms with E-state index in [9.17, 15) is 14.4 Å². The number of carbonyl (C=O) groups is 3. The molecule has 0 atom stereocenters. The predicted octanol–water partition coefficient (Wildman–Crippen LogP) is 3.10. The first-order chi connectivity index (χ1) is 14.0. The number of hydrogen-bond acceptors (Lipinski definition) is 6. The van der Waals surface area contributed by atoms with Gasteiger partial charge < -0.3 is 0 Å². The summed E-state index contributed by atoms with van der Waals surface area (Å²) >= 11 is 0. The Morgan fingerprint density at radius 1 is 0.600 bits per heavy atom. The molecule has 0 radical (unpaired) electrons. The van der Waals surface area contributed by atoms with Crippen LogP contribution in [-0.4, -0.2) is 39.1 Å². The molecule has 0 unspecified atom stereocenters. The van der Waals surface area contributed by atoms with Crippen molar-refractivity contribution in [3.8, 4) is 0 Å². The van der Waals surface area contributed by atoms with Gasteiger partial charge in [-0.2, -0.15) is 15.2 Å². The van der Waals surface area contributed by atoms with Gasteiger partial charge in [0.25, 0.3) is 17.7 Å². The lowest BCUT2D eigenvalue weighted by molar-refractivity contribution is -0.121. The first kappa shape index (κ1) is 24.8. The van der Waals surface area contributed by atoms with E-state index in [1.165, 1.54) is 60.3 Å². The second-order valence-electron chi connectivity index (χ2n) is 6.39. The van der Waals surface area contributed by atoms with E-state index in [2.05, 4.69) is 19.7 Å². The van der Waals surface area contributed by atoms with Crippen LogP contribution in [0.5, 0.6) is 0 Å². The molecule has 162 valence electrons. The van der Waals surface area contributed by atoms with Crippen molar-refractivity contribution in [1.82, 2.24) is 0 Å². The van der Waals surface area contributed by atoms with Gasteiger partial charge in [-0.15, -0.1) is 0 Å². The maximum atomic E-state index is 12.5. The molecular formula is C21H27N3O6. The zero-order valence-electron chi connectivity index (χ0n) is 18.1. The van der Waals surface area contributed by atoms with Crippen LogP contribution in [0.2, 0.25) is 0 Å². The van der Waals surface area contributed by atoms with Gasteiger partial charge in [-0.05, 0) is 39.0 Å². The van der Waals surface area contributed by atoms with E-state index in [0.29, 0.717) is 0 Å². The summed E-state index contributed by atoms with van der Waals surface area (Å²) in [5, 5.41) is 2.90. The van der Waals surface area contributed by atoms with Crippen LogP contribution in [-0.2, 0) is 28.9 Å². The van der Waals surface area contributed by atoms with Crippen LogP contribution in [0.25, 0.3) is 0 Å². The Morgan fingerprint density at radius 3 is 0.933 bits per heavy atom. The monoisotopic (exact) mass is 417 g/mol. The van der Waals surface area contributed by atoms with Crippen molar-refractivity contribution in [2.24, 2.45) is 0 Å². The van der Waals surface area contributed by atoms with Gasteiger partial charge >= 0.3 is 0 Å². The fraction of sp³-hybridized carbons (Fsp3) is 0.286. The summed E-state index contributed by atoms with van der Waals surface area (Å²) in [4.78, 5) is 53.2. The third kappa shape index (κ3) is 5.41. The third-order valence-corrected chi connectivity index (χ3v) is 3.79. The molecule has 9 nitrogen and oxygen atoms in total. The van der Waals surface area contributed by atoms with E-state index in [-0.39, 0.29) is 33.8 Å². The lowest BCUT2D eigenvalue weighted by Crippen LogP contribution is -2.34. The first-order valence-corrected chi connectivity index (χ1v) is 8.77. The van der Waals surface area contributed by atoms with Crippen molar-refractivity contribution in [2.45, 2.75) is 20.8 Å². The molecule has 0 aliphatic heterocycles. The van der Waals surface area contributed by atoms with Crippen LogP contribution >= 0.6 is 0 Å². The van der Waals surface area contributed by atoms with Crippen molar-refractivity contribution in [1.29, 1.82) is 0 Å². The summed E-state index contributed by atoms with van der Waals surface area (Å²) in [6, 6.07) is 4.41. The Kier molecular flexibility index (Phi) is 8.66. The molecule has 0 saturated carbocycles. The van der Waals surface area contributed by atoms with Gasteiger partial charge in [0.05, 0.1) is 38.4 Å². The van der Waals surface area contributed by atoms with E-state index in [4.69, 9.17) is 14.5 Å². The minimum absolute atomic E-state index is 0.200. The number of hydroxylamine groups is 3. The number of benzene rings is 1. The minimum atomic E-state index is -0.522. The summed E-state index contributed by atoms with van der Waals surface area (Å²) in [7, 11) is 3.90. The Labute approximate surface area is 176 Å². The molecule has 0 aliphatic carbocycles. The zero-order chi connectivity index (χ0) is 23.2. The molecule has 0 saturated heterocycles. The molecule has 0 N–H and O–H groups in total. The molecule has 0 aromatic heterocycles. The molecule has 9 heteroatoms. The lowest BCUT2D eigenvalue weighted by Gasteiger charge is -2.27. The molecule has 1 aromatic rings. The van der Waals surface area contributed by atoms with Crippen LogP contribution in [0.1, 0.15) is 20.8 Å². The molecule has 1 aromatic carbocycles. The summed E-state index contributed by atoms with van der Waals surface area (Å²) in [6.07, 6.45) is 0. The van der Waals surface area contributed by atoms with E-state index < -0.39 is 17.7 Å².